The summed E-state index contributed by atoms with van der Waals surface area (Å²) in [6.07, 6.45) is 10.8. The highest BCUT2D eigenvalue weighted by Crippen LogP contribution is 2.27. The maximum Gasteiger partial charge on any atom is 0.224 e. The van der Waals surface area contributed by atoms with Crippen LogP contribution in [0.3, 0.4) is 0 Å². The van der Waals surface area contributed by atoms with E-state index >= 15 is 0 Å². The monoisotopic (exact) mass is 485 g/mol. The fraction of sp³-hybridized carbons (Fsp3) is 0.400. The molecular weight excluding hydrogens is 457 g/mol. The highest BCUT2D eigenvalue weighted by Gasteiger charge is 2.18. The second-order valence-corrected chi connectivity index (χ2v) is 9.39. The van der Waals surface area contributed by atoms with Crippen molar-refractivity contribution in [3.63, 3.8) is 0 Å². The molecule has 0 bridgehead atoms. The summed E-state index contributed by atoms with van der Waals surface area (Å²) in [5, 5.41) is 3.46. The Kier molecular flexibility index (Phi) is 7.56. The third kappa shape index (κ3) is 5.68. The Morgan fingerprint density at radius 1 is 1.15 bits per heavy atom. The molecule has 1 aliphatic rings. The molecule has 0 saturated heterocycles. The molecule has 1 aliphatic carbocycles. The first-order valence-corrected chi connectivity index (χ1v) is 12.1. The molecule has 0 unspecified atom stereocenters. The van der Waals surface area contributed by atoms with Crippen molar-refractivity contribution in [2.24, 2.45) is 0 Å². The summed E-state index contributed by atoms with van der Waals surface area (Å²) >= 11 is 12.1. The van der Waals surface area contributed by atoms with Crippen LogP contribution in [0.1, 0.15) is 49.7 Å². The van der Waals surface area contributed by atoms with Crippen molar-refractivity contribution in [3.8, 4) is 5.82 Å². The Morgan fingerprint density at radius 2 is 1.88 bits per heavy atom. The molecule has 1 fully saturated rings. The first kappa shape index (κ1) is 23.6. The SMILES string of the molecule is Cc1cc(NC(=O)CCc2ccc(N(C)C3CCCCC3)cc2)cnc1-n1cnc(Cl)c1Cl. The lowest BCUT2D eigenvalue weighted by Crippen LogP contribution is -2.33. The molecule has 2 heterocycles. The minimum atomic E-state index is -0.0453. The lowest BCUT2D eigenvalue weighted by Gasteiger charge is -2.33. The van der Waals surface area contributed by atoms with Gasteiger partial charge in [-0.1, -0.05) is 54.6 Å². The quantitative estimate of drug-likeness (QED) is 0.431. The second-order valence-electron chi connectivity index (χ2n) is 8.68. The summed E-state index contributed by atoms with van der Waals surface area (Å²) in [6.45, 7) is 1.90. The molecule has 1 aromatic carbocycles. The number of imidazole rings is 1. The number of anilines is 2. The number of nitrogens with one attached hydrogen (secondary N) is 1. The van der Waals surface area contributed by atoms with Crippen LogP contribution in [0.2, 0.25) is 10.3 Å². The number of hydrogen-bond donors (Lipinski definition) is 1. The molecule has 1 saturated carbocycles. The summed E-state index contributed by atoms with van der Waals surface area (Å²) in [5.41, 5.74) is 3.90. The van der Waals surface area contributed by atoms with Gasteiger partial charge >= 0.3 is 0 Å². The van der Waals surface area contributed by atoms with E-state index in [1.165, 1.54) is 44.1 Å². The first-order valence-electron chi connectivity index (χ1n) is 11.4. The average molecular weight is 486 g/mol. The minimum Gasteiger partial charge on any atom is -0.372 e. The number of aryl methyl sites for hydroxylation is 2. The van der Waals surface area contributed by atoms with Gasteiger partial charge in [-0.05, 0) is 55.5 Å². The number of rotatable bonds is 7. The molecular formula is C25H29Cl2N5O. The first-order chi connectivity index (χ1) is 15.9. The number of pyridine rings is 1. The molecule has 0 aliphatic heterocycles. The molecule has 33 heavy (non-hydrogen) atoms. The van der Waals surface area contributed by atoms with E-state index in [0.29, 0.717) is 35.5 Å². The molecule has 6 nitrogen and oxygen atoms in total. The van der Waals surface area contributed by atoms with E-state index < -0.39 is 0 Å². The van der Waals surface area contributed by atoms with Gasteiger partial charge in [0.2, 0.25) is 5.91 Å². The topological polar surface area (TPSA) is 63.1 Å². The van der Waals surface area contributed by atoms with Crippen molar-refractivity contribution >= 4 is 40.5 Å². The van der Waals surface area contributed by atoms with Crippen molar-refractivity contribution in [1.82, 2.24) is 14.5 Å². The van der Waals surface area contributed by atoms with E-state index in [-0.39, 0.29) is 11.1 Å². The summed E-state index contributed by atoms with van der Waals surface area (Å²) in [7, 11) is 2.19. The van der Waals surface area contributed by atoms with Crippen LogP contribution in [0.25, 0.3) is 5.82 Å². The lowest BCUT2D eigenvalue weighted by atomic mass is 9.94. The van der Waals surface area contributed by atoms with Crippen LogP contribution in [0.5, 0.6) is 0 Å². The number of aromatic nitrogens is 3. The molecule has 174 valence electrons. The zero-order chi connectivity index (χ0) is 23.4. The Bertz CT molecular complexity index is 1110. The largest absolute Gasteiger partial charge is 0.372 e. The highest BCUT2D eigenvalue weighted by molar-refractivity contribution is 6.40. The highest BCUT2D eigenvalue weighted by atomic mass is 35.5. The van der Waals surface area contributed by atoms with Crippen LogP contribution in [0, 0.1) is 6.92 Å². The molecule has 4 rings (SSSR count). The molecule has 0 atom stereocenters. The summed E-state index contributed by atoms with van der Waals surface area (Å²) in [5.74, 6) is 0.576. The molecule has 3 aromatic rings. The Hall–Kier alpha value is -2.57. The fourth-order valence-corrected chi connectivity index (χ4v) is 4.71. The van der Waals surface area contributed by atoms with E-state index in [0.717, 1.165) is 11.1 Å². The third-order valence-electron chi connectivity index (χ3n) is 6.34. The zero-order valence-corrected chi connectivity index (χ0v) is 20.5. The summed E-state index contributed by atoms with van der Waals surface area (Å²) in [6, 6.07) is 11.1. The number of carbonyl (C=O) groups excluding carboxylic acids is 1. The van der Waals surface area contributed by atoms with Crippen molar-refractivity contribution in [1.29, 1.82) is 0 Å². The van der Waals surface area contributed by atoms with Crippen molar-refractivity contribution < 1.29 is 4.79 Å². The fourth-order valence-electron chi connectivity index (χ4n) is 4.41. The van der Waals surface area contributed by atoms with Gasteiger partial charge in [-0.2, -0.15) is 0 Å². The molecule has 0 spiro atoms. The molecule has 1 N–H and O–H groups in total. The Labute approximate surface area is 204 Å². The van der Waals surface area contributed by atoms with E-state index in [1.807, 2.05) is 13.0 Å². The van der Waals surface area contributed by atoms with Crippen LogP contribution in [0.15, 0.2) is 42.9 Å². The number of hydrogen-bond acceptors (Lipinski definition) is 4. The van der Waals surface area contributed by atoms with Crippen molar-refractivity contribution in [3.05, 3.63) is 64.3 Å². The number of benzene rings is 1. The van der Waals surface area contributed by atoms with Crippen LogP contribution < -0.4 is 10.2 Å². The smallest absolute Gasteiger partial charge is 0.224 e. The van der Waals surface area contributed by atoms with Crippen LogP contribution in [-0.2, 0) is 11.2 Å². The zero-order valence-electron chi connectivity index (χ0n) is 19.0. The summed E-state index contributed by atoms with van der Waals surface area (Å²) in [4.78, 5) is 23.3. The maximum absolute atomic E-state index is 12.5. The Morgan fingerprint density at radius 3 is 2.52 bits per heavy atom. The van der Waals surface area contributed by atoms with E-state index in [2.05, 4.69) is 51.5 Å². The average Bonchev–Trinajstić information content (AvgIpc) is 3.16. The second kappa shape index (κ2) is 10.6. The van der Waals surface area contributed by atoms with Crippen LogP contribution >= 0.6 is 23.2 Å². The predicted octanol–water partition coefficient (Wildman–Crippen LogP) is 6.22. The number of nitrogens with zero attached hydrogens (tertiary/aromatic N) is 4. The Balaban J connectivity index is 1.31. The van der Waals surface area contributed by atoms with Gasteiger partial charge in [0, 0.05) is 25.2 Å². The van der Waals surface area contributed by atoms with Gasteiger partial charge in [-0.3, -0.25) is 9.36 Å². The van der Waals surface area contributed by atoms with Gasteiger partial charge in [0.05, 0.1) is 11.9 Å². The van der Waals surface area contributed by atoms with Crippen molar-refractivity contribution in [2.45, 2.75) is 57.9 Å². The molecule has 8 heteroatoms. The predicted molar refractivity (Wildman–Crippen MR) is 135 cm³/mol. The van der Waals surface area contributed by atoms with Crippen LogP contribution in [-0.4, -0.2) is 33.5 Å². The molecule has 1 amide bonds. The van der Waals surface area contributed by atoms with Gasteiger partial charge in [0.25, 0.3) is 0 Å². The normalized spacial score (nSPS) is 14.3. The maximum atomic E-state index is 12.5. The third-order valence-corrected chi connectivity index (χ3v) is 7.07. The number of amides is 1. The van der Waals surface area contributed by atoms with E-state index in [9.17, 15) is 4.79 Å². The summed E-state index contributed by atoms with van der Waals surface area (Å²) < 4.78 is 1.61. The van der Waals surface area contributed by atoms with Gasteiger partial charge in [0.15, 0.2) is 10.3 Å². The lowest BCUT2D eigenvalue weighted by molar-refractivity contribution is -0.116. The van der Waals surface area contributed by atoms with Gasteiger partial charge in [-0.25, -0.2) is 9.97 Å². The van der Waals surface area contributed by atoms with Crippen molar-refractivity contribution in [2.75, 3.05) is 17.3 Å². The van der Waals surface area contributed by atoms with Gasteiger partial charge in [0.1, 0.15) is 12.1 Å². The van der Waals surface area contributed by atoms with Crippen LogP contribution in [0.4, 0.5) is 11.4 Å². The standard InChI is InChI=1S/C25H29Cl2N5O/c1-17-14-19(15-28-25(17)32-16-29-23(26)24(32)27)30-22(33)13-10-18-8-11-21(12-9-18)31(2)20-6-4-3-5-7-20/h8-9,11-12,14-16,20H,3-7,10,13H2,1-2H3,(H,30,33). The number of halogens is 2. The van der Waals surface area contributed by atoms with E-state index in [1.54, 1.807) is 10.8 Å². The molecule has 0 radical (unpaired) electrons. The van der Waals surface area contributed by atoms with Gasteiger partial charge < -0.3 is 10.2 Å². The minimum absolute atomic E-state index is 0.0453. The molecule has 2 aromatic heterocycles. The van der Waals surface area contributed by atoms with E-state index in [4.69, 9.17) is 23.2 Å². The number of carbonyl (C=O) groups is 1. The van der Waals surface area contributed by atoms with Gasteiger partial charge in [-0.15, -0.1) is 0 Å².